The molecular weight excluding hydrogens is 222 g/mol. The van der Waals surface area contributed by atoms with Gasteiger partial charge >= 0.3 is 0 Å². The maximum atomic E-state index is 6.38. The van der Waals surface area contributed by atoms with Crippen molar-refractivity contribution in [3.05, 3.63) is 0 Å². The molecule has 2 rings (SSSR count). The monoisotopic (exact) mass is 253 g/mol. The highest BCUT2D eigenvalue weighted by Gasteiger charge is 2.49. The minimum atomic E-state index is 0.122. The topological polar surface area (TPSA) is 21.3 Å². The fraction of sp³-hybridized carbons (Fsp3) is 1.00. The van der Waals surface area contributed by atoms with Crippen LogP contribution in [0.15, 0.2) is 0 Å². The second kappa shape index (κ2) is 5.50. The van der Waals surface area contributed by atoms with E-state index in [1.165, 1.54) is 38.5 Å². The van der Waals surface area contributed by atoms with Gasteiger partial charge in [-0.2, -0.15) is 0 Å². The van der Waals surface area contributed by atoms with Crippen LogP contribution in [0.5, 0.6) is 0 Å². The Balaban J connectivity index is 2.20. The van der Waals surface area contributed by atoms with Crippen molar-refractivity contribution in [2.24, 2.45) is 11.3 Å². The second-order valence-electron chi connectivity index (χ2n) is 7.12. The summed E-state index contributed by atoms with van der Waals surface area (Å²) in [5, 5.41) is 3.79. The van der Waals surface area contributed by atoms with Gasteiger partial charge in [0, 0.05) is 12.6 Å². The van der Waals surface area contributed by atoms with Gasteiger partial charge in [0.1, 0.15) is 0 Å². The van der Waals surface area contributed by atoms with Crippen molar-refractivity contribution in [1.82, 2.24) is 5.32 Å². The van der Waals surface area contributed by atoms with Crippen LogP contribution in [0.2, 0.25) is 0 Å². The molecule has 106 valence electrons. The molecule has 1 spiro atoms. The predicted octanol–water partition coefficient (Wildman–Crippen LogP) is 3.75. The molecule has 1 aliphatic heterocycles. The summed E-state index contributed by atoms with van der Waals surface area (Å²) < 4.78 is 6.38. The molecule has 1 aliphatic carbocycles. The summed E-state index contributed by atoms with van der Waals surface area (Å²) in [6.07, 6.45) is 7.69. The molecule has 0 aromatic heterocycles. The van der Waals surface area contributed by atoms with Gasteiger partial charge in [-0.25, -0.2) is 0 Å². The minimum absolute atomic E-state index is 0.122. The first-order chi connectivity index (χ1) is 8.53. The molecule has 0 aromatic rings. The normalized spacial score (nSPS) is 36.2. The number of morpholine rings is 1. The first kappa shape index (κ1) is 14.3. The number of hydrogen-bond donors (Lipinski definition) is 1. The molecular formula is C16H31NO. The lowest BCUT2D eigenvalue weighted by Gasteiger charge is -2.53. The third-order valence-electron chi connectivity index (χ3n) is 5.17. The van der Waals surface area contributed by atoms with Gasteiger partial charge in [0.15, 0.2) is 0 Å². The van der Waals surface area contributed by atoms with Crippen molar-refractivity contribution in [2.75, 3.05) is 13.2 Å². The molecule has 0 aromatic carbocycles. The van der Waals surface area contributed by atoms with Crippen molar-refractivity contribution in [3.8, 4) is 0 Å². The van der Waals surface area contributed by atoms with Gasteiger partial charge in [0.25, 0.3) is 0 Å². The van der Waals surface area contributed by atoms with Crippen molar-refractivity contribution in [3.63, 3.8) is 0 Å². The third kappa shape index (κ3) is 2.75. The highest BCUT2D eigenvalue weighted by Crippen LogP contribution is 2.47. The molecule has 0 amide bonds. The molecule has 1 N–H and O–H groups in total. The fourth-order valence-corrected chi connectivity index (χ4v) is 4.34. The highest BCUT2D eigenvalue weighted by molar-refractivity contribution is 5.03. The Kier molecular flexibility index (Phi) is 4.38. The SMILES string of the molecule is CCC(CC)C1NCCOC12CCCC(C)(C)C2. The van der Waals surface area contributed by atoms with Crippen molar-refractivity contribution in [2.45, 2.75) is 77.9 Å². The number of hydrogen-bond acceptors (Lipinski definition) is 2. The van der Waals surface area contributed by atoms with Crippen LogP contribution in [-0.2, 0) is 4.74 Å². The van der Waals surface area contributed by atoms with Crippen molar-refractivity contribution >= 4 is 0 Å². The molecule has 2 unspecified atom stereocenters. The third-order valence-corrected chi connectivity index (χ3v) is 5.17. The van der Waals surface area contributed by atoms with Gasteiger partial charge in [-0.15, -0.1) is 0 Å². The molecule has 1 saturated carbocycles. The van der Waals surface area contributed by atoms with E-state index >= 15 is 0 Å². The standard InChI is InChI=1S/C16H31NO/c1-5-13(6-2)14-16(18-11-10-17-14)9-7-8-15(3,4)12-16/h13-14,17H,5-12H2,1-4H3. The second-order valence-corrected chi connectivity index (χ2v) is 7.12. The molecule has 2 nitrogen and oxygen atoms in total. The Bertz CT molecular complexity index is 268. The Morgan fingerprint density at radius 3 is 2.56 bits per heavy atom. The van der Waals surface area contributed by atoms with E-state index in [0.717, 1.165) is 19.1 Å². The summed E-state index contributed by atoms with van der Waals surface area (Å²) in [6, 6.07) is 0.570. The van der Waals surface area contributed by atoms with Crippen LogP contribution in [0, 0.1) is 11.3 Å². The van der Waals surface area contributed by atoms with Gasteiger partial charge in [-0.3, -0.25) is 0 Å². The maximum Gasteiger partial charge on any atom is 0.0843 e. The lowest BCUT2D eigenvalue weighted by atomic mass is 9.64. The van der Waals surface area contributed by atoms with Crippen LogP contribution < -0.4 is 5.32 Å². The first-order valence-corrected chi connectivity index (χ1v) is 7.90. The smallest absolute Gasteiger partial charge is 0.0843 e. The largest absolute Gasteiger partial charge is 0.372 e. The molecule has 2 fully saturated rings. The van der Waals surface area contributed by atoms with Crippen LogP contribution in [-0.4, -0.2) is 24.8 Å². The molecule has 0 radical (unpaired) electrons. The van der Waals surface area contributed by atoms with Crippen molar-refractivity contribution in [1.29, 1.82) is 0 Å². The maximum absolute atomic E-state index is 6.38. The van der Waals surface area contributed by atoms with Crippen LogP contribution in [0.3, 0.4) is 0 Å². The van der Waals surface area contributed by atoms with E-state index in [2.05, 4.69) is 33.0 Å². The molecule has 1 saturated heterocycles. The van der Waals surface area contributed by atoms with Crippen LogP contribution in [0.25, 0.3) is 0 Å². The molecule has 1 heterocycles. The Labute approximate surface area is 113 Å². The molecule has 2 aliphatic rings. The van der Waals surface area contributed by atoms with Gasteiger partial charge in [-0.1, -0.05) is 40.5 Å². The van der Waals surface area contributed by atoms with E-state index in [-0.39, 0.29) is 5.60 Å². The predicted molar refractivity (Wildman–Crippen MR) is 76.8 cm³/mol. The fourth-order valence-electron chi connectivity index (χ4n) is 4.34. The molecule has 0 bridgehead atoms. The number of ether oxygens (including phenoxy) is 1. The zero-order valence-electron chi connectivity index (χ0n) is 12.7. The zero-order chi connectivity index (χ0) is 13.2. The van der Waals surface area contributed by atoms with Gasteiger partial charge < -0.3 is 10.1 Å². The summed E-state index contributed by atoms with van der Waals surface area (Å²) in [6.45, 7) is 11.4. The van der Waals surface area contributed by atoms with Crippen LogP contribution in [0.1, 0.15) is 66.2 Å². The summed E-state index contributed by atoms with van der Waals surface area (Å²) in [5.74, 6) is 0.763. The van der Waals surface area contributed by atoms with E-state index in [1.54, 1.807) is 0 Å². The highest BCUT2D eigenvalue weighted by atomic mass is 16.5. The number of rotatable bonds is 3. The lowest BCUT2D eigenvalue weighted by molar-refractivity contribution is -0.151. The quantitative estimate of drug-likeness (QED) is 0.827. The van der Waals surface area contributed by atoms with E-state index in [9.17, 15) is 0 Å². The lowest BCUT2D eigenvalue weighted by Crippen LogP contribution is -2.63. The van der Waals surface area contributed by atoms with Crippen LogP contribution in [0.4, 0.5) is 0 Å². The van der Waals surface area contributed by atoms with Crippen molar-refractivity contribution < 1.29 is 4.74 Å². The molecule has 2 atom stereocenters. The summed E-state index contributed by atoms with van der Waals surface area (Å²) >= 11 is 0. The molecule has 18 heavy (non-hydrogen) atoms. The average Bonchev–Trinajstić information content (AvgIpc) is 2.32. The van der Waals surface area contributed by atoms with Gasteiger partial charge in [-0.05, 0) is 37.0 Å². The average molecular weight is 253 g/mol. The summed E-state index contributed by atoms with van der Waals surface area (Å²) in [5.41, 5.74) is 0.568. The minimum Gasteiger partial charge on any atom is -0.372 e. The zero-order valence-corrected chi connectivity index (χ0v) is 12.7. The summed E-state index contributed by atoms with van der Waals surface area (Å²) in [4.78, 5) is 0. The van der Waals surface area contributed by atoms with E-state index < -0.39 is 0 Å². The summed E-state index contributed by atoms with van der Waals surface area (Å²) in [7, 11) is 0. The Morgan fingerprint density at radius 1 is 1.22 bits per heavy atom. The molecule has 2 heteroatoms. The van der Waals surface area contributed by atoms with Gasteiger partial charge in [0.05, 0.1) is 12.2 Å². The van der Waals surface area contributed by atoms with E-state index in [4.69, 9.17) is 4.74 Å². The van der Waals surface area contributed by atoms with E-state index in [0.29, 0.717) is 11.5 Å². The Hall–Kier alpha value is -0.0800. The van der Waals surface area contributed by atoms with Gasteiger partial charge in [0.2, 0.25) is 0 Å². The number of nitrogens with one attached hydrogen (secondary N) is 1. The Morgan fingerprint density at radius 2 is 1.94 bits per heavy atom. The van der Waals surface area contributed by atoms with Crippen LogP contribution >= 0.6 is 0 Å². The first-order valence-electron chi connectivity index (χ1n) is 7.90. The van der Waals surface area contributed by atoms with E-state index in [1.807, 2.05) is 0 Å².